The van der Waals surface area contributed by atoms with Crippen molar-refractivity contribution in [1.82, 2.24) is 9.88 Å². The first kappa shape index (κ1) is 26.2. The minimum Gasteiger partial charge on any atom is -0.494 e. The van der Waals surface area contributed by atoms with Gasteiger partial charge in [-0.15, -0.1) is 12.4 Å². The van der Waals surface area contributed by atoms with Crippen LogP contribution in [0.2, 0.25) is 5.02 Å². The second kappa shape index (κ2) is 11.7. The molecule has 1 heterocycles. The Kier molecular flexibility index (Phi) is 9.58. The molecular weight excluding hydrogens is 469 g/mol. The zero-order valence-corrected chi connectivity index (χ0v) is 21.3. The van der Waals surface area contributed by atoms with Gasteiger partial charge in [0.15, 0.2) is 11.7 Å². The zero-order chi connectivity index (χ0) is 22.5. The number of carbonyl (C=O) groups excluding carboxylic acids is 1. The molecule has 0 aliphatic rings. The van der Waals surface area contributed by atoms with E-state index in [0.717, 1.165) is 4.70 Å². The highest BCUT2D eigenvalue weighted by Gasteiger charge is 2.22. The van der Waals surface area contributed by atoms with Gasteiger partial charge in [-0.1, -0.05) is 48.9 Å². The predicted octanol–water partition coefficient (Wildman–Crippen LogP) is 5.48. The Balaban J connectivity index is 0.00000363. The van der Waals surface area contributed by atoms with Crippen LogP contribution in [0.15, 0.2) is 36.4 Å². The van der Waals surface area contributed by atoms with Crippen molar-refractivity contribution in [2.24, 2.45) is 0 Å². The van der Waals surface area contributed by atoms with Gasteiger partial charge in [-0.2, -0.15) is 0 Å². The molecule has 0 aliphatic carbocycles. The van der Waals surface area contributed by atoms with E-state index in [-0.39, 0.29) is 24.9 Å². The minimum atomic E-state index is -0.163. The average molecular weight is 498 g/mol. The number of fused-ring (bicyclic) bond motifs is 1. The van der Waals surface area contributed by atoms with E-state index < -0.39 is 0 Å². The second-order valence-corrected chi connectivity index (χ2v) is 9.17. The van der Waals surface area contributed by atoms with Crippen LogP contribution in [0.25, 0.3) is 10.2 Å². The predicted molar refractivity (Wildman–Crippen MR) is 135 cm³/mol. The summed E-state index contributed by atoms with van der Waals surface area (Å²) in [6, 6.07) is 11.4. The second-order valence-electron chi connectivity index (χ2n) is 7.78. The number of anilines is 1. The Hall–Kier alpha value is -2.06. The largest absolute Gasteiger partial charge is 0.494 e. The number of halogens is 2. The molecule has 0 atom stereocenters. The molecule has 174 valence electrons. The van der Waals surface area contributed by atoms with Crippen molar-refractivity contribution in [3.05, 3.63) is 47.0 Å². The number of carbonyl (C=O) groups is 1. The molecule has 0 spiro atoms. The van der Waals surface area contributed by atoms with Crippen LogP contribution in [-0.2, 0) is 4.79 Å². The third-order valence-electron chi connectivity index (χ3n) is 4.88. The van der Waals surface area contributed by atoms with Crippen molar-refractivity contribution in [3.8, 4) is 11.5 Å². The molecule has 0 radical (unpaired) electrons. The molecule has 1 amide bonds. The summed E-state index contributed by atoms with van der Waals surface area (Å²) >= 11 is 7.74. The van der Waals surface area contributed by atoms with Crippen LogP contribution in [0.4, 0.5) is 5.13 Å². The summed E-state index contributed by atoms with van der Waals surface area (Å²) in [5.41, 5.74) is 1.88. The van der Waals surface area contributed by atoms with E-state index in [0.29, 0.717) is 46.2 Å². The van der Waals surface area contributed by atoms with Crippen LogP contribution in [0, 0.1) is 0 Å². The zero-order valence-electron chi connectivity index (χ0n) is 18.9. The first-order valence-electron chi connectivity index (χ1n) is 10.1. The molecule has 0 unspecified atom stereocenters. The first-order valence-corrected chi connectivity index (χ1v) is 11.3. The normalized spacial score (nSPS) is 11.0. The summed E-state index contributed by atoms with van der Waals surface area (Å²) in [7, 11) is 5.52. The van der Waals surface area contributed by atoms with Crippen molar-refractivity contribution in [2.45, 2.75) is 19.8 Å². The number of hydrogen-bond donors (Lipinski definition) is 0. The summed E-state index contributed by atoms with van der Waals surface area (Å²) in [4.78, 5) is 21.5. The fourth-order valence-electron chi connectivity index (χ4n) is 3.02. The van der Waals surface area contributed by atoms with Crippen molar-refractivity contribution in [2.75, 3.05) is 45.8 Å². The number of methoxy groups -OCH3 is 1. The molecule has 0 fully saturated rings. The third kappa shape index (κ3) is 6.25. The van der Waals surface area contributed by atoms with Crippen LogP contribution in [0.1, 0.15) is 25.3 Å². The maximum Gasteiger partial charge on any atom is 0.266 e. The number of ether oxygens (including phenoxy) is 2. The molecule has 0 bridgehead atoms. The van der Waals surface area contributed by atoms with Crippen LogP contribution in [0.5, 0.6) is 11.5 Å². The van der Waals surface area contributed by atoms with Crippen LogP contribution < -0.4 is 14.4 Å². The highest BCUT2D eigenvalue weighted by atomic mass is 35.5. The molecule has 32 heavy (non-hydrogen) atoms. The fraction of sp³-hybridized carbons (Fsp3) is 0.391. The molecule has 0 saturated carbocycles. The monoisotopic (exact) mass is 497 g/mol. The molecule has 3 aromatic rings. The van der Waals surface area contributed by atoms with Gasteiger partial charge in [0.2, 0.25) is 0 Å². The van der Waals surface area contributed by atoms with Gasteiger partial charge in [0.1, 0.15) is 17.0 Å². The lowest BCUT2D eigenvalue weighted by molar-refractivity contribution is -0.120. The van der Waals surface area contributed by atoms with Gasteiger partial charge in [0.25, 0.3) is 5.91 Å². The number of rotatable bonds is 9. The lowest BCUT2D eigenvalue weighted by Crippen LogP contribution is -2.39. The highest BCUT2D eigenvalue weighted by Crippen LogP contribution is 2.38. The van der Waals surface area contributed by atoms with E-state index >= 15 is 0 Å². The Labute approximate surface area is 204 Å². The number of amides is 1. The van der Waals surface area contributed by atoms with Gasteiger partial charge in [-0.3, -0.25) is 9.69 Å². The Bertz CT molecular complexity index is 1040. The fourth-order valence-corrected chi connectivity index (χ4v) is 4.32. The van der Waals surface area contributed by atoms with Gasteiger partial charge >= 0.3 is 0 Å². The minimum absolute atomic E-state index is 0. The molecule has 0 saturated heterocycles. The molecule has 3 rings (SSSR count). The molecule has 0 aliphatic heterocycles. The van der Waals surface area contributed by atoms with E-state index in [4.69, 9.17) is 21.1 Å². The average Bonchev–Trinajstić information content (AvgIpc) is 3.18. The smallest absolute Gasteiger partial charge is 0.266 e. The van der Waals surface area contributed by atoms with Crippen molar-refractivity contribution >= 4 is 56.6 Å². The van der Waals surface area contributed by atoms with E-state index in [2.05, 4.69) is 18.8 Å². The molecule has 9 heteroatoms. The number of likely N-dealkylation sites (N-methyl/N-ethyl adjacent to an activating group) is 1. The Morgan fingerprint density at radius 2 is 1.81 bits per heavy atom. The maximum atomic E-state index is 13.1. The first-order chi connectivity index (χ1) is 14.8. The molecule has 2 aromatic carbocycles. The molecule has 1 aromatic heterocycles. The molecule has 6 nitrogen and oxygen atoms in total. The quantitative estimate of drug-likeness (QED) is 0.391. The third-order valence-corrected chi connectivity index (χ3v) is 6.42. The van der Waals surface area contributed by atoms with E-state index in [1.807, 2.05) is 43.3 Å². The number of aromatic nitrogens is 1. The topological polar surface area (TPSA) is 54.9 Å². The van der Waals surface area contributed by atoms with E-state index in [9.17, 15) is 4.79 Å². The van der Waals surface area contributed by atoms with Gasteiger partial charge in [-0.25, -0.2) is 4.98 Å². The van der Waals surface area contributed by atoms with Gasteiger partial charge in [0, 0.05) is 13.1 Å². The van der Waals surface area contributed by atoms with Crippen molar-refractivity contribution < 1.29 is 14.3 Å². The van der Waals surface area contributed by atoms with E-state index in [1.54, 1.807) is 24.1 Å². The molecule has 0 N–H and O–H groups in total. The summed E-state index contributed by atoms with van der Waals surface area (Å²) in [6.07, 6.45) is 0. The number of nitrogens with zero attached hydrogens (tertiary/aromatic N) is 3. The van der Waals surface area contributed by atoms with Gasteiger partial charge in [-0.05, 0) is 49.8 Å². The SMILES string of the molecule is COc1ccc(Cl)c2sc(N(CCN(C)C)C(=O)COc3ccc(C(C)C)cc3)nc12.Cl. The number of hydrogen-bond acceptors (Lipinski definition) is 6. The van der Waals surface area contributed by atoms with Gasteiger partial charge < -0.3 is 14.4 Å². The summed E-state index contributed by atoms with van der Waals surface area (Å²) in [5, 5.41) is 1.16. The Morgan fingerprint density at radius 1 is 1.12 bits per heavy atom. The number of benzene rings is 2. The Morgan fingerprint density at radius 3 is 2.41 bits per heavy atom. The standard InChI is InChI=1S/C23H28ClN3O3S.ClH/c1-15(2)16-6-8-17(9-7-16)30-14-20(28)27(13-12-26(3)4)23-25-21-19(29-5)11-10-18(24)22(21)31-23;/h6-11,15H,12-14H2,1-5H3;1H. The van der Waals surface area contributed by atoms with Crippen molar-refractivity contribution in [1.29, 1.82) is 0 Å². The lowest BCUT2D eigenvalue weighted by Gasteiger charge is -2.22. The highest BCUT2D eigenvalue weighted by molar-refractivity contribution is 7.23. The molecular formula is C23H29Cl2N3O3S. The summed E-state index contributed by atoms with van der Waals surface area (Å²) in [6.45, 7) is 5.38. The van der Waals surface area contributed by atoms with Crippen LogP contribution in [-0.4, -0.2) is 56.7 Å². The number of thiazole rings is 1. The summed E-state index contributed by atoms with van der Waals surface area (Å²) < 4.78 is 12.0. The van der Waals surface area contributed by atoms with E-state index in [1.165, 1.54) is 16.9 Å². The van der Waals surface area contributed by atoms with Crippen LogP contribution in [0.3, 0.4) is 0 Å². The summed E-state index contributed by atoms with van der Waals surface area (Å²) in [5.74, 6) is 1.58. The van der Waals surface area contributed by atoms with Crippen LogP contribution >= 0.6 is 35.3 Å². The van der Waals surface area contributed by atoms with Crippen molar-refractivity contribution in [3.63, 3.8) is 0 Å². The lowest BCUT2D eigenvalue weighted by atomic mass is 10.0. The maximum absolute atomic E-state index is 13.1. The van der Waals surface area contributed by atoms with Gasteiger partial charge in [0.05, 0.1) is 16.8 Å².